The normalized spacial score (nSPS) is 16.9. The first kappa shape index (κ1) is 23.8. The van der Waals surface area contributed by atoms with Crippen LogP contribution in [0.15, 0.2) is 46.6 Å². The van der Waals surface area contributed by atoms with Gasteiger partial charge >= 0.3 is 0 Å². The lowest BCUT2D eigenvalue weighted by atomic mass is 10.1. The monoisotopic (exact) mass is 492 g/mol. The fourth-order valence-electron chi connectivity index (χ4n) is 4.90. The van der Waals surface area contributed by atoms with Gasteiger partial charge in [-0.05, 0) is 71.6 Å². The van der Waals surface area contributed by atoms with Gasteiger partial charge < -0.3 is 9.72 Å². The fraction of sp³-hybridized carbons (Fsp3) is 0.462. The maximum Gasteiger partial charge on any atom is 0.252 e. The number of rotatable bonds is 10. The van der Waals surface area contributed by atoms with Gasteiger partial charge in [-0.1, -0.05) is 31.0 Å². The summed E-state index contributed by atoms with van der Waals surface area (Å²) in [5, 5.41) is 16.0. The third-order valence-corrected chi connectivity index (χ3v) is 7.51. The van der Waals surface area contributed by atoms with Crippen molar-refractivity contribution in [3.63, 3.8) is 0 Å². The average Bonchev–Trinajstić information content (AvgIpc) is 3.62. The van der Waals surface area contributed by atoms with Crippen molar-refractivity contribution in [3.05, 3.63) is 74.0 Å². The summed E-state index contributed by atoms with van der Waals surface area (Å²) in [7, 11) is 0. The molecule has 0 bridgehead atoms. The molecule has 1 aliphatic rings. The van der Waals surface area contributed by atoms with Crippen LogP contribution in [0, 0.1) is 6.92 Å². The molecule has 0 radical (unpaired) electrons. The molecular formula is C26H32N6O2S. The summed E-state index contributed by atoms with van der Waals surface area (Å²) in [5.74, 6) is 0.840. The number of aryl methyl sites for hydroxylation is 1. The Hall–Kier alpha value is -2.88. The quantitative estimate of drug-likeness (QED) is 0.348. The van der Waals surface area contributed by atoms with Crippen molar-refractivity contribution in [1.82, 2.24) is 30.1 Å². The molecule has 184 valence electrons. The van der Waals surface area contributed by atoms with Crippen LogP contribution in [0.25, 0.3) is 10.9 Å². The summed E-state index contributed by atoms with van der Waals surface area (Å²) >= 11 is 1.73. The summed E-state index contributed by atoms with van der Waals surface area (Å²) in [6, 6.07) is 12.3. The third-order valence-electron chi connectivity index (χ3n) is 6.65. The number of pyridine rings is 1. The van der Waals surface area contributed by atoms with Gasteiger partial charge in [-0.25, -0.2) is 4.68 Å². The molecule has 0 spiro atoms. The van der Waals surface area contributed by atoms with Crippen LogP contribution in [0.5, 0.6) is 0 Å². The highest BCUT2D eigenvalue weighted by molar-refractivity contribution is 7.09. The fourth-order valence-corrected chi connectivity index (χ4v) is 5.63. The summed E-state index contributed by atoms with van der Waals surface area (Å²) in [5.41, 5.74) is 2.73. The molecule has 1 aliphatic heterocycles. The number of nitrogens with zero attached hydrogens (tertiary/aromatic N) is 5. The molecule has 1 fully saturated rings. The van der Waals surface area contributed by atoms with Gasteiger partial charge in [0.1, 0.15) is 0 Å². The number of benzene rings is 1. The van der Waals surface area contributed by atoms with Crippen molar-refractivity contribution in [1.29, 1.82) is 0 Å². The Balaban J connectivity index is 1.50. The summed E-state index contributed by atoms with van der Waals surface area (Å²) in [6.45, 7) is 6.93. The van der Waals surface area contributed by atoms with E-state index in [0.717, 1.165) is 61.1 Å². The Labute approximate surface area is 208 Å². The Morgan fingerprint density at radius 1 is 1.29 bits per heavy atom. The van der Waals surface area contributed by atoms with Crippen molar-refractivity contribution < 1.29 is 4.74 Å². The molecule has 1 saturated heterocycles. The van der Waals surface area contributed by atoms with Gasteiger partial charge in [0.05, 0.1) is 18.7 Å². The first-order valence-electron chi connectivity index (χ1n) is 12.4. The van der Waals surface area contributed by atoms with E-state index in [1.54, 1.807) is 11.3 Å². The summed E-state index contributed by atoms with van der Waals surface area (Å²) in [4.78, 5) is 19.7. The van der Waals surface area contributed by atoms with E-state index in [4.69, 9.17) is 4.74 Å². The van der Waals surface area contributed by atoms with Crippen molar-refractivity contribution in [2.75, 3.05) is 6.61 Å². The molecule has 1 aromatic carbocycles. The second-order valence-electron chi connectivity index (χ2n) is 9.36. The molecule has 4 aromatic rings. The third kappa shape index (κ3) is 5.52. The second kappa shape index (κ2) is 10.8. The van der Waals surface area contributed by atoms with E-state index in [1.807, 2.05) is 22.9 Å². The lowest BCUT2D eigenvalue weighted by molar-refractivity contribution is 0.0885. The highest BCUT2D eigenvalue weighted by atomic mass is 32.1. The zero-order valence-electron chi connectivity index (χ0n) is 20.3. The number of aromatic nitrogens is 5. The molecule has 35 heavy (non-hydrogen) atoms. The predicted molar refractivity (Wildman–Crippen MR) is 137 cm³/mol. The first-order valence-corrected chi connectivity index (χ1v) is 13.3. The van der Waals surface area contributed by atoms with Crippen LogP contribution >= 0.6 is 11.3 Å². The van der Waals surface area contributed by atoms with Gasteiger partial charge in [0, 0.05) is 35.7 Å². The number of thiophene rings is 1. The lowest BCUT2D eigenvalue weighted by Crippen LogP contribution is -2.33. The van der Waals surface area contributed by atoms with E-state index < -0.39 is 0 Å². The SMILES string of the molecule is CCC[C@H](c1nnnn1C[C@H]1CCCO1)N(Cc1cccs1)Cc1cc2cc(C)ccc2[nH]c1=O. The molecule has 8 nitrogen and oxygen atoms in total. The standard InChI is InChI=1S/C26H32N6O2S/c1-3-6-24(25-28-29-30-32(25)16-21-7-4-11-34-21)31(17-22-8-5-12-35-22)15-20-14-19-13-18(2)9-10-23(19)27-26(20)33/h5,8-10,12-14,21,24H,3-4,6-7,11,15-17H2,1-2H3,(H,27,33)/t21-,24-/m1/s1. The van der Waals surface area contributed by atoms with Crippen molar-refractivity contribution in [2.24, 2.45) is 0 Å². The Morgan fingerprint density at radius 2 is 2.20 bits per heavy atom. The molecule has 5 rings (SSSR count). The van der Waals surface area contributed by atoms with Gasteiger partial charge in [0.15, 0.2) is 5.82 Å². The predicted octanol–water partition coefficient (Wildman–Crippen LogP) is 4.61. The minimum Gasteiger partial charge on any atom is -0.376 e. The minimum absolute atomic E-state index is 0.0221. The highest BCUT2D eigenvalue weighted by Gasteiger charge is 2.28. The number of hydrogen-bond acceptors (Lipinski definition) is 7. The first-order chi connectivity index (χ1) is 17.1. The highest BCUT2D eigenvalue weighted by Crippen LogP contribution is 2.29. The van der Waals surface area contributed by atoms with Crippen molar-refractivity contribution in [2.45, 2.75) is 71.3 Å². The van der Waals surface area contributed by atoms with E-state index in [0.29, 0.717) is 13.1 Å². The number of aromatic amines is 1. The van der Waals surface area contributed by atoms with Gasteiger partial charge in [0.25, 0.3) is 5.56 Å². The molecule has 0 unspecified atom stereocenters. The number of hydrogen-bond donors (Lipinski definition) is 1. The zero-order valence-corrected chi connectivity index (χ0v) is 21.1. The molecule has 0 saturated carbocycles. The van der Waals surface area contributed by atoms with Crippen LogP contribution < -0.4 is 5.56 Å². The molecule has 1 N–H and O–H groups in total. The maximum atomic E-state index is 13.1. The smallest absolute Gasteiger partial charge is 0.252 e. The largest absolute Gasteiger partial charge is 0.376 e. The molecule has 3 aromatic heterocycles. The van der Waals surface area contributed by atoms with Crippen LogP contribution in [0.2, 0.25) is 0 Å². The van der Waals surface area contributed by atoms with E-state index >= 15 is 0 Å². The number of fused-ring (bicyclic) bond motifs is 1. The summed E-state index contributed by atoms with van der Waals surface area (Å²) < 4.78 is 7.76. The maximum absolute atomic E-state index is 13.1. The lowest BCUT2D eigenvalue weighted by Gasteiger charge is -2.30. The Bertz CT molecular complexity index is 1310. The van der Waals surface area contributed by atoms with Crippen LogP contribution in [0.4, 0.5) is 0 Å². The average molecular weight is 493 g/mol. The Kier molecular flexibility index (Phi) is 7.36. The zero-order chi connectivity index (χ0) is 24.2. The number of H-pyrrole nitrogens is 1. The number of tetrazole rings is 1. The van der Waals surface area contributed by atoms with Crippen molar-refractivity contribution in [3.8, 4) is 0 Å². The number of ether oxygens (including phenoxy) is 1. The van der Waals surface area contributed by atoms with Gasteiger partial charge in [-0.2, -0.15) is 0 Å². The Morgan fingerprint density at radius 3 is 2.97 bits per heavy atom. The van der Waals surface area contributed by atoms with E-state index in [1.165, 1.54) is 10.4 Å². The molecule has 2 atom stereocenters. The molecular weight excluding hydrogens is 460 g/mol. The van der Waals surface area contributed by atoms with Gasteiger partial charge in [0.2, 0.25) is 0 Å². The van der Waals surface area contributed by atoms with Crippen molar-refractivity contribution >= 4 is 22.2 Å². The minimum atomic E-state index is -0.0493. The van der Waals surface area contributed by atoms with Gasteiger partial charge in [-0.15, -0.1) is 16.4 Å². The van der Waals surface area contributed by atoms with Crippen LogP contribution in [-0.2, 0) is 24.4 Å². The molecule has 0 aliphatic carbocycles. The van der Waals surface area contributed by atoms with Crippen LogP contribution in [-0.4, -0.2) is 42.8 Å². The topological polar surface area (TPSA) is 88.9 Å². The second-order valence-corrected chi connectivity index (χ2v) is 10.4. The molecule has 9 heteroatoms. The van der Waals surface area contributed by atoms with Gasteiger partial charge in [-0.3, -0.25) is 9.69 Å². The van der Waals surface area contributed by atoms with Crippen LogP contribution in [0.3, 0.4) is 0 Å². The summed E-state index contributed by atoms with van der Waals surface area (Å²) in [6.07, 6.45) is 4.13. The van der Waals surface area contributed by atoms with E-state index in [-0.39, 0.29) is 17.7 Å². The molecule has 4 heterocycles. The van der Waals surface area contributed by atoms with E-state index in [9.17, 15) is 4.79 Å². The number of nitrogens with one attached hydrogen (secondary N) is 1. The van der Waals surface area contributed by atoms with E-state index in [2.05, 4.69) is 62.8 Å². The molecule has 0 amide bonds. The van der Waals surface area contributed by atoms with Crippen LogP contribution in [0.1, 0.15) is 60.5 Å².